The summed E-state index contributed by atoms with van der Waals surface area (Å²) in [6, 6.07) is 6.04. The molecule has 1 aliphatic carbocycles. The SMILES string of the molecule is COc1cc2nc(C3CCC(CN(C)[C@@H]4CCN(c5cccc6c5n(C)c(=O)n6C5CCC(=O)NC5=O)C[C@@H]4F)CC3)cn2cc1NC(=O)c1cncc(C(F)(F)F)n1. The Morgan fingerprint density at radius 2 is 1.83 bits per heavy atom. The number of aryl methyl sites for hydroxylation is 1. The Kier molecular flexibility index (Phi) is 10.6. The molecule has 6 heterocycles. The largest absolute Gasteiger partial charge is 0.494 e. The van der Waals surface area contributed by atoms with Gasteiger partial charge in [-0.15, -0.1) is 0 Å². The van der Waals surface area contributed by atoms with Crippen LogP contribution in [-0.2, 0) is 22.8 Å². The number of nitrogens with zero attached hydrogens (tertiary/aromatic N) is 8. The molecule has 3 atom stereocenters. The second kappa shape index (κ2) is 15.7. The summed E-state index contributed by atoms with van der Waals surface area (Å²) in [6.45, 7) is 1.49. The van der Waals surface area contributed by atoms with Gasteiger partial charge in [0.25, 0.3) is 5.91 Å². The third-order valence-electron chi connectivity index (χ3n) is 12.0. The fourth-order valence-electron chi connectivity index (χ4n) is 8.99. The number of rotatable bonds is 9. The summed E-state index contributed by atoms with van der Waals surface area (Å²) >= 11 is 0. The van der Waals surface area contributed by atoms with Gasteiger partial charge in [0.15, 0.2) is 5.69 Å². The number of hydrogen-bond donors (Lipinski definition) is 2. The number of piperidine rings is 2. The summed E-state index contributed by atoms with van der Waals surface area (Å²) in [4.78, 5) is 66.6. The summed E-state index contributed by atoms with van der Waals surface area (Å²) in [5, 5.41) is 4.91. The van der Waals surface area contributed by atoms with Crippen LogP contribution in [0.25, 0.3) is 16.7 Å². The predicted octanol–water partition coefficient (Wildman–Crippen LogP) is 4.86. The van der Waals surface area contributed by atoms with Crippen molar-refractivity contribution < 1.29 is 36.7 Å². The van der Waals surface area contributed by atoms with Crippen molar-refractivity contribution in [1.82, 2.24) is 38.7 Å². The first-order chi connectivity index (χ1) is 28.2. The van der Waals surface area contributed by atoms with Crippen LogP contribution in [0.15, 0.2) is 53.8 Å². The first kappa shape index (κ1) is 40.0. The lowest BCUT2D eigenvalue weighted by molar-refractivity contribution is -0.141. The Morgan fingerprint density at radius 3 is 2.54 bits per heavy atom. The first-order valence-electron chi connectivity index (χ1n) is 19.6. The smallest absolute Gasteiger partial charge is 0.434 e. The van der Waals surface area contributed by atoms with Crippen molar-refractivity contribution >= 4 is 45.8 Å². The van der Waals surface area contributed by atoms with Gasteiger partial charge in [-0.2, -0.15) is 13.2 Å². The van der Waals surface area contributed by atoms with Crippen LogP contribution in [0.2, 0.25) is 0 Å². The topological polar surface area (TPSA) is 161 Å². The van der Waals surface area contributed by atoms with Crippen LogP contribution < -0.4 is 26.0 Å². The number of methoxy groups -OCH3 is 1. The quantitative estimate of drug-likeness (QED) is 0.155. The van der Waals surface area contributed by atoms with Gasteiger partial charge in [-0.25, -0.2) is 19.2 Å². The van der Waals surface area contributed by atoms with Gasteiger partial charge in [0.2, 0.25) is 11.8 Å². The van der Waals surface area contributed by atoms with Gasteiger partial charge in [0.1, 0.15) is 35.0 Å². The van der Waals surface area contributed by atoms with Crippen LogP contribution in [-0.4, -0.2) is 97.1 Å². The number of ether oxygens (including phenoxy) is 1. The van der Waals surface area contributed by atoms with Crippen molar-refractivity contribution in [2.75, 3.05) is 44.0 Å². The minimum Gasteiger partial charge on any atom is -0.494 e. The Labute approximate surface area is 335 Å². The molecule has 0 spiro atoms. The highest BCUT2D eigenvalue weighted by Crippen LogP contribution is 2.38. The Balaban J connectivity index is 0.881. The number of halogens is 4. The highest BCUT2D eigenvalue weighted by Gasteiger charge is 2.37. The van der Waals surface area contributed by atoms with Crippen molar-refractivity contribution in [3.63, 3.8) is 0 Å². The van der Waals surface area contributed by atoms with Crippen LogP contribution in [0.1, 0.15) is 78.8 Å². The summed E-state index contributed by atoms with van der Waals surface area (Å²) in [6.07, 6.45) is 3.70. The number of imidazole rings is 2. The summed E-state index contributed by atoms with van der Waals surface area (Å²) in [5.41, 5.74) is 1.48. The number of nitrogens with one attached hydrogen (secondary N) is 2. The molecule has 3 amide bonds. The molecule has 3 fully saturated rings. The molecule has 1 unspecified atom stereocenters. The number of carbonyl (C=O) groups excluding carboxylic acids is 3. The molecule has 0 radical (unpaired) electrons. The Bertz CT molecular complexity index is 2490. The molecule has 19 heteroatoms. The number of fused-ring (bicyclic) bond motifs is 2. The second-order valence-corrected chi connectivity index (χ2v) is 15.7. The van der Waals surface area contributed by atoms with Crippen LogP contribution >= 0.6 is 0 Å². The van der Waals surface area contributed by atoms with E-state index < -0.39 is 41.6 Å². The molecule has 2 saturated heterocycles. The molecular weight excluding hydrogens is 776 g/mol. The lowest BCUT2D eigenvalue weighted by atomic mass is 9.80. The second-order valence-electron chi connectivity index (χ2n) is 15.7. The Hall–Kier alpha value is -5.85. The van der Waals surface area contributed by atoms with E-state index in [1.165, 1.54) is 16.2 Å². The molecule has 59 heavy (non-hydrogen) atoms. The van der Waals surface area contributed by atoms with E-state index in [1.54, 1.807) is 29.8 Å². The number of benzene rings is 1. The van der Waals surface area contributed by atoms with Crippen LogP contribution in [0, 0.1) is 5.92 Å². The number of pyridine rings is 1. The van der Waals surface area contributed by atoms with E-state index in [4.69, 9.17) is 9.72 Å². The normalized spacial score (nSPS) is 22.9. The Morgan fingerprint density at radius 1 is 1.05 bits per heavy atom. The van der Waals surface area contributed by atoms with Gasteiger partial charge in [0, 0.05) is 57.0 Å². The van der Waals surface area contributed by atoms with Crippen LogP contribution in [0.5, 0.6) is 5.75 Å². The molecule has 3 aliphatic rings. The van der Waals surface area contributed by atoms with Crippen molar-refractivity contribution in [3.8, 4) is 5.75 Å². The maximum Gasteiger partial charge on any atom is 0.434 e. The van der Waals surface area contributed by atoms with E-state index in [1.807, 2.05) is 30.3 Å². The number of carbonyl (C=O) groups is 3. The number of imide groups is 1. The number of para-hydroxylation sites is 1. The standard InChI is InChI=1S/C40H44F4N10O5/c1-50(28-13-14-52(19-24(28)41)29-5-4-6-30-36(29)51(2)39(58)54(30)31-11-12-35(55)49-38(31)57)18-22-7-9-23(10-8-22)26-20-53-21-27(32(59-3)15-34(53)47-26)48-37(56)25-16-45-17-33(46-25)40(42,43)44/h4-6,15-17,20-24,28,31H,7-14,18-19H2,1-3H3,(H,48,56)(H,49,55,57)/t22?,23?,24-,28+,31?/m0/s1. The van der Waals surface area contributed by atoms with E-state index in [-0.39, 0.29) is 54.4 Å². The monoisotopic (exact) mass is 820 g/mol. The van der Waals surface area contributed by atoms with E-state index >= 15 is 4.39 Å². The molecule has 1 aromatic carbocycles. The third kappa shape index (κ3) is 7.74. The average molecular weight is 821 g/mol. The van der Waals surface area contributed by atoms with Crippen LogP contribution in [0.3, 0.4) is 0 Å². The number of amides is 3. The summed E-state index contributed by atoms with van der Waals surface area (Å²) in [7, 11) is 5.04. The highest BCUT2D eigenvalue weighted by atomic mass is 19.4. The highest BCUT2D eigenvalue weighted by molar-refractivity contribution is 6.03. The molecular formula is C40H44F4N10O5. The summed E-state index contributed by atoms with van der Waals surface area (Å²) in [5.74, 6) is -0.909. The lowest BCUT2D eigenvalue weighted by Gasteiger charge is -2.42. The zero-order valence-corrected chi connectivity index (χ0v) is 32.7. The van der Waals surface area contributed by atoms with Crippen molar-refractivity contribution in [2.45, 2.75) is 75.3 Å². The lowest BCUT2D eigenvalue weighted by Crippen LogP contribution is -2.52. The van der Waals surface area contributed by atoms with Gasteiger partial charge in [-0.05, 0) is 63.6 Å². The average Bonchev–Trinajstić information content (AvgIpc) is 3.74. The molecule has 2 N–H and O–H groups in total. The van der Waals surface area contributed by atoms with Crippen molar-refractivity contribution in [2.24, 2.45) is 13.0 Å². The molecule has 2 aliphatic heterocycles. The fraction of sp³-hybridized carbons (Fsp3) is 0.475. The molecule has 1 saturated carbocycles. The number of alkyl halides is 4. The molecule has 312 valence electrons. The first-order valence-corrected chi connectivity index (χ1v) is 19.6. The van der Waals surface area contributed by atoms with E-state index in [0.29, 0.717) is 41.8 Å². The van der Waals surface area contributed by atoms with Crippen molar-refractivity contribution in [3.05, 3.63) is 76.6 Å². The maximum atomic E-state index is 16.1. The van der Waals surface area contributed by atoms with E-state index in [2.05, 4.69) is 25.5 Å². The maximum absolute atomic E-state index is 16.1. The van der Waals surface area contributed by atoms with Gasteiger partial charge >= 0.3 is 11.9 Å². The van der Waals surface area contributed by atoms with Crippen LogP contribution in [0.4, 0.5) is 28.9 Å². The molecule has 15 nitrogen and oxygen atoms in total. The number of hydrogen-bond acceptors (Lipinski definition) is 10. The minimum absolute atomic E-state index is 0.144. The number of aromatic nitrogens is 6. The molecule has 4 aromatic heterocycles. The van der Waals surface area contributed by atoms with E-state index in [9.17, 15) is 32.3 Å². The zero-order chi connectivity index (χ0) is 41.7. The minimum atomic E-state index is -4.75. The zero-order valence-electron chi connectivity index (χ0n) is 32.7. The van der Waals surface area contributed by atoms with E-state index in [0.717, 1.165) is 49.8 Å². The molecule has 0 bridgehead atoms. The van der Waals surface area contributed by atoms with Gasteiger partial charge in [0.05, 0.1) is 48.5 Å². The third-order valence-corrected chi connectivity index (χ3v) is 12.0. The molecule has 5 aromatic rings. The predicted molar refractivity (Wildman–Crippen MR) is 208 cm³/mol. The number of anilines is 2. The van der Waals surface area contributed by atoms with Gasteiger partial charge in [-0.1, -0.05) is 6.07 Å². The summed E-state index contributed by atoms with van der Waals surface area (Å²) < 4.78 is 65.7. The van der Waals surface area contributed by atoms with Gasteiger partial charge < -0.3 is 24.3 Å². The van der Waals surface area contributed by atoms with Gasteiger partial charge in [-0.3, -0.25) is 33.8 Å². The van der Waals surface area contributed by atoms with Crippen molar-refractivity contribution in [1.29, 1.82) is 0 Å². The molecule has 8 rings (SSSR count). The fourth-order valence-corrected chi connectivity index (χ4v) is 8.99.